The van der Waals surface area contributed by atoms with Crippen LogP contribution < -0.4 is 0 Å². The van der Waals surface area contributed by atoms with E-state index in [1.165, 1.54) is 18.2 Å². The molecule has 2 rings (SSSR count). The molecule has 0 bridgehead atoms. The second-order valence-corrected chi connectivity index (χ2v) is 4.94. The van der Waals surface area contributed by atoms with Gasteiger partial charge in [-0.2, -0.15) is 0 Å². The Kier molecular flexibility index (Phi) is 4.75. The van der Waals surface area contributed by atoms with E-state index in [-0.39, 0.29) is 18.1 Å². The van der Waals surface area contributed by atoms with Crippen LogP contribution in [-0.2, 0) is 0 Å². The number of carbonyl (C=O) groups is 1. The molecule has 0 atom stereocenters. The Morgan fingerprint density at radius 3 is 2.85 bits per heavy atom. The minimum atomic E-state index is -0.453. The predicted octanol–water partition coefficient (Wildman–Crippen LogP) is 2.04. The minimum absolute atomic E-state index is 0.193. The molecule has 0 aliphatic heterocycles. The van der Waals surface area contributed by atoms with Crippen molar-refractivity contribution in [2.75, 3.05) is 19.7 Å². The zero-order valence-corrected chi connectivity index (χ0v) is 11.5. The number of aliphatic hydroxyl groups excluding tert-OH is 1. The number of rotatable bonds is 4. The first-order chi connectivity index (χ1) is 9.65. The lowest BCUT2D eigenvalue weighted by molar-refractivity contribution is 0.0756. The Bertz CT molecular complexity index is 555. The number of aliphatic hydroxyl groups is 1. The average molecular weight is 275 g/mol. The number of halogens is 1. The van der Waals surface area contributed by atoms with E-state index in [4.69, 9.17) is 5.11 Å². The van der Waals surface area contributed by atoms with E-state index in [9.17, 15) is 9.18 Å². The molecular formula is C16H18FNO2. The molecule has 0 unspecified atom stereocenters. The van der Waals surface area contributed by atoms with Crippen LogP contribution in [0.5, 0.6) is 0 Å². The summed E-state index contributed by atoms with van der Waals surface area (Å²) >= 11 is 0. The van der Waals surface area contributed by atoms with Crippen LogP contribution >= 0.6 is 0 Å². The molecule has 1 aliphatic rings. The maximum Gasteiger partial charge on any atom is 0.255 e. The molecule has 1 amide bonds. The summed E-state index contributed by atoms with van der Waals surface area (Å²) in [6.45, 7) is 2.95. The zero-order valence-electron chi connectivity index (χ0n) is 11.5. The molecule has 1 aromatic carbocycles. The van der Waals surface area contributed by atoms with Gasteiger partial charge in [0.25, 0.3) is 5.91 Å². The van der Waals surface area contributed by atoms with E-state index in [0.717, 1.165) is 19.4 Å². The number of hydrogen-bond donors (Lipinski definition) is 1. The van der Waals surface area contributed by atoms with Crippen LogP contribution in [0.4, 0.5) is 4.39 Å². The number of benzene rings is 1. The maximum absolute atomic E-state index is 13.4. The normalized spacial score (nSPS) is 13.6. The molecular weight excluding hydrogens is 257 g/mol. The van der Waals surface area contributed by atoms with E-state index in [0.29, 0.717) is 18.0 Å². The molecule has 4 heteroatoms. The maximum atomic E-state index is 13.4. The van der Waals surface area contributed by atoms with Gasteiger partial charge < -0.3 is 10.0 Å². The van der Waals surface area contributed by atoms with Gasteiger partial charge in [-0.15, -0.1) is 0 Å². The number of nitrogens with zero attached hydrogens (tertiary/aromatic N) is 1. The molecule has 0 heterocycles. The second kappa shape index (κ2) is 6.53. The quantitative estimate of drug-likeness (QED) is 0.854. The van der Waals surface area contributed by atoms with E-state index in [1.807, 2.05) is 6.92 Å². The molecule has 1 aromatic rings. The summed E-state index contributed by atoms with van der Waals surface area (Å²) in [5.41, 5.74) is 0.730. The van der Waals surface area contributed by atoms with Crippen molar-refractivity contribution in [3.05, 3.63) is 35.1 Å². The largest absolute Gasteiger partial charge is 0.384 e. The van der Waals surface area contributed by atoms with Gasteiger partial charge in [0.1, 0.15) is 12.4 Å². The van der Waals surface area contributed by atoms with Crippen molar-refractivity contribution in [2.24, 2.45) is 5.92 Å². The molecule has 1 fully saturated rings. The van der Waals surface area contributed by atoms with Crippen molar-refractivity contribution in [1.82, 2.24) is 4.90 Å². The molecule has 1 saturated carbocycles. The van der Waals surface area contributed by atoms with Gasteiger partial charge in [-0.25, -0.2) is 4.39 Å². The zero-order chi connectivity index (χ0) is 14.5. The van der Waals surface area contributed by atoms with Crippen LogP contribution in [0.3, 0.4) is 0 Å². The highest BCUT2D eigenvalue weighted by molar-refractivity contribution is 5.96. The summed E-state index contributed by atoms with van der Waals surface area (Å²) in [5.74, 6) is 5.14. The number of carbonyl (C=O) groups excluding carboxylic acids is 1. The lowest BCUT2D eigenvalue weighted by Gasteiger charge is -2.21. The van der Waals surface area contributed by atoms with Crippen LogP contribution in [0.2, 0.25) is 0 Å². The lowest BCUT2D eigenvalue weighted by atomic mass is 10.1. The Morgan fingerprint density at radius 1 is 1.50 bits per heavy atom. The summed E-state index contributed by atoms with van der Waals surface area (Å²) in [6, 6.07) is 3.98. The third-order valence-corrected chi connectivity index (χ3v) is 3.36. The van der Waals surface area contributed by atoms with Gasteiger partial charge in [0, 0.05) is 18.7 Å². The first-order valence-electron chi connectivity index (χ1n) is 6.84. The van der Waals surface area contributed by atoms with Crippen molar-refractivity contribution in [1.29, 1.82) is 0 Å². The van der Waals surface area contributed by atoms with E-state index in [2.05, 4.69) is 11.8 Å². The highest BCUT2D eigenvalue weighted by Gasteiger charge is 2.27. The molecule has 20 heavy (non-hydrogen) atoms. The van der Waals surface area contributed by atoms with Crippen LogP contribution in [-0.4, -0.2) is 35.6 Å². The van der Waals surface area contributed by atoms with E-state index < -0.39 is 5.82 Å². The van der Waals surface area contributed by atoms with Gasteiger partial charge in [0.05, 0.1) is 5.56 Å². The summed E-state index contributed by atoms with van der Waals surface area (Å²) in [5, 5.41) is 8.75. The van der Waals surface area contributed by atoms with Gasteiger partial charge >= 0.3 is 0 Å². The topological polar surface area (TPSA) is 40.5 Å². The monoisotopic (exact) mass is 275 g/mol. The lowest BCUT2D eigenvalue weighted by Crippen LogP contribution is -2.33. The summed E-state index contributed by atoms with van der Waals surface area (Å²) in [7, 11) is 0. The fourth-order valence-corrected chi connectivity index (χ4v) is 2.08. The first-order valence-corrected chi connectivity index (χ1v) is 6.84. The Labute approximate surface area is 118 Å². The fourth-order valence-electron chi connectivity index (χ4n) is 2.08. The third kappa shape index (κ3) is 3.58. The van der Waals surface area contributed by atoms with Crippen LogP contribution in [0.15, 0.2) is 18.2 Å². The van der Waals surface area contributed by atoms with Gasteiger partial charge in [-0.05, 0) is 43.9 Å². The Balaban J connectivity index is 2.28. The summed E-state index contributed by atoms with van der Waals surface area (Å²) in [4.78, 5) is 14.2. The van der Waals surface area contributed by atoms with Gasteiger partial charge in [0.15, 0.2) is 0 Å². The van der Waals surface area contributed by atoms with Crippen LogP contribution in [0, 0.1) is 23.6 Å². The smallest absolute Gasteiger partial charge is 0.255 e. The van der Waals surface area contributed by atoms with Gasteiger partial charge in [-0.3, -0.25) is 4.79 Å². The van der Waals surface area contributed by atoms with Crippen molar-refractivity contribution < 1.29 is 14.3 Å². The molecule has 1 N–H and O–H groups in total. The van der Waals surface area contributed by atoms with Crippen LogP contribution in [0.25, 0.3) is 0 Å². The fraction of sp³-hybridized carbons (Fsp3) is 0.438. The van der Waals surface area contributed by atoms with Crippen molar-refractivity contribution in [2.45, 2.75) is 19.8 Å². The molecule has 0 radical (unpaired) electrons. The van der Waals surface area contributed by atoms with Crippen LogP contribution in [0.1, 0.15) is 35.7 Å². The van der Waals surface area contributed by atoms with Gasteiger partial charge in [-0.1, -0.05) is 11.8 Å². The SMILES string of the molecule is CCN(CC1CC1)C(=O)c1cc(F)ccc1C#CCO. The van der Waals surface area contributed by atoms with Gasteiger partial charge in [0.2, 0.25) is 0 Å². The van der Waals surface area contributed by atoms with Crippen molar-refractivity contribution in [3.8, 4) is 11.8 Å². The molecule has 0 aromatic heterocycles. The highest BCUT2D eigenvalue weighted by atomic mass is 19.1. The third-order valence-electron chi connectivity index (χ3n) is 3.36. The van der Waals surface area contributed by atoms with Crippen molar-refractivity contribution >= 4 is 5.91 Å². The van der Waals surface area contributed by atoms with Crippen molar-refractivity contribution in [3.63, 3.8) is 0 Å². The standard InChI is InChI=1S/C16H18FNO2/c1-2-18(11-12-5-6-12)16(20)15-10-14(17)8-7-13(15)4-3-9-19/h7-8,10,12,19H,2,5-6,9,11H2,1H3. The number of amides is 1. The molecule has 3 nitrogen and oxygen atoms in total. The second-order valence-electron chi connectivity index (χ2n) is 4.94. The summed E-state index contributed by atoms with van der Waals surface area (Å²) < 4.78 is 13.4. The Morgan fingerprint density at radius 2 is 2.25 bits per heavy atom. The van der Waals surface area contributed by atoms with E-state index >= 15 is 0 Å². The molecule has 1 aliphatic carbocycles. The average Bonchev–Trinajstić information content (AvgIpc) is 3.26. The highest BCUT2D eigenvalue weighted by Crippen LogP contribution is 2.30. The molecule has 106 valence electrons. The molecule has 0 spiro atoms. The minimum Gasteiger partial charge on any atom is -0.384 e. The predicted molar refractivity (Wildman–Crippen MR) is 74.7 cm³/mol. The summed E-state index contributed by atoms with van der Waals surface area (Å²) in [6.07, 6.45) is 2.31. The van der Waals surface area contributed by atoms with E-state index in [1.54, 1.807) is 4.90 Å². The first kappa shape index (κ1) is 14.5. The molecule has 0 saturated heterocycles. The number of hydrogen-bond acceptors (Lipinski definition) is 2. The Hall–Kier alpha value is -1.86.